The van der Waals surface area contributed by atoms with Crippen molar-refractivity contribution in [2.75, 3.05) is 11.1 Å². The van der Waals surface area contributed by atoms with E-state index in [0.717, 1.165) is 23.3 Å². The number of amides is 1. The van der Waals surface area contributed by atoms with Crippen LogP contribution in [0, 0.1) is 17.2 Å². The third-order valence-electron chi connectivity index (χ3n) is 4.80. The highest BCUT2D eigenvalue weighted by Crippen LogP contribution is 2.28. The van der Waals surface area contributed by atoms with Crippen molar-refractivity contribution in [3.63, 3.8) is 0 Å². The van der Waals surface area contributed by atoms with Gasteiger partial charge in [-0.25, -0.2) is 0 Å². The molecule has 0 aromatic carbocycles. The summed E-state index contributed by atoms with van der Waals surface area (Å²) in [6.45, 7) is 0. The Morgan fingerprint density at radius 2 is 2.23 bits per heavy atom. The topological polar surface area (TPSA) is 83.6 Å². The molecule has 1 N–H and O–H groups in total. The number of thioether (sulfide) groups is 1. The van der Waals surface area contributed by atoms with Crippen LogP contribution in [-0.4, -0.2) is 26.4 Å². The fraction of sp³-hybridized carbons (Fsp3) is 0.556. The number of carbonyl (C=O) groups excluding carboxylic acids is 1. The predicted molar refractivity (Wildman–Crippen MR) is 104 cm³/mol. The smallest absolute Gasteiger partial charge is 0.235 e. The lowest BCUT2D eigenvalue weighted by Gasteiger charge is -2.20. The van der Waals surface area contributed by atoms with E-state index < -0.39 is 0 Å². The number of aryl methyl sites for hydroxylation is 1. The number of nitrogens with zero attached hydrogens (tertiary/aromatic N) is 4. The molecular weight excluding hydrogens is 366 g/mol. The predicted octanol–water partition coefficient (Wildman–Crippen LogP) is 3.99. The van der Waals surface area contributed by atoms with Crippen molar-refractivity contribution in [1.82, 2.24) is 14.8 Å². The van der Waals surface area contributed by atoms with Crippen molar-refractivity contribution < 1.29 is 4.79 Å². The van der Waals surface area contributed by atoms with Gasteiger partial charge in [0.05, 0.1) is 11.3 Å². The zero-order chi connectivity index (χ0) is 18.4. The minimum atomic E-state index is -0.138. The largest absolute Gasteiger partial charge is 0.316 e. The van der Waals surface area contributed by atoms with Crippen LogP contribution in [0.4, 0.5) is 5.00 Å². The van der Waals surface area contributed by atoms with Crippen molar-refractivity contribution in [2.24, 2.45) is 13.0 Å². The van der Waals surface area contributed by atoms with E-state index in [1.807, 2.05) is 11.6 Å². The van der Waals surface area contributed by atoms with Crippen LogP contribution in [0.25, 0.3) is 0 Å². The third-order valence-corrected chi connectivity index (χ3v) is 6.65. The van der Waals surface area contributed by atoms with Gasteiger partial charge in [-0.2, -0.15) is 5.26 Å². The van der Waals surface area contributed by atoms with Crippen LogP contribution < -0.4 is 5.32 Å². The van der Waals surface area contributed by atoms with Crippen molar-refractivity contribution in [1.29, 1.82) is 5.26 Å². The molecule has 0 unspecified atom stereocenters. The first-order chi connectivity index (χ1) is 12.7. The molecule has 2 aromatic rings. The number of thiophene rings is 1. The summed E-state index contributed by atoms with van der Waals surface area (Å²) in [6, 6.07) is 3.77. The Bertz CT molecular complexity index is 786. The molecule has 0 atom stereocenters. The molecule has 2 heterocycles. The molecule has 6 nitrogen and oxygen atoms in total. The Morgan fingerprint density at radius 1 is 1.42 bits per heavy atom. The fourth-order valence-corrected chi connectivity index (χ4v) is 4.77. The van der Waals surface area contributed by atoms with Crippen LogP contribution in [0.5, 0.6) is 0 Å². The van der Waals surface area contributed by atoms with Gasteiger partial charge in [-0.05, 0) is 23.8 Å². The molecule has 26 heavy (non-hydrogen) atoms. The maximum Gasteiger partial charge on any atom is 0.235 e. The average Bonchev–Trinajstić information content (AvgIpc) is 3.25. The fourth-order valence-electron chi connectivity index (χ4n) is 3.28. The number of nitrogens with one attached hydrogen (secondary N) is 1. The zero-order valence-electron chi connectivity index (χ0n) is 14.9. The van der Waals surface area contributed by atoms with Crippen LogP contribution >= 0.6 is 23.1 Å². The van der Waals surface area contributed by atoms with E-state index in [1.54, 1.807) is 11.4 Å². The molecule has 3 rings (SSSR count). The van der Waals surface area contributed by atoms with Gasteiger partial charge in [0.15, 0.2) is 5.16 Å². The van der Waals surface area contributed by atoms with Crippen LogP contribution in [0.3, 0.4) is 0 Å². The summed E-state index contributed by atoms with van der Waals surface area (Å²) in [5, 5.41) is 23.5. The molecule has 138 valence electrons. The quantitative estimate of drug-likeness (QED) is 0.724. The van der Waals surface area contributed by atoms with Gasteiger partial charge < -0.3 is 9.88 Å². The summed E-state index contributed by atoms with van der Waals surface area (Å²) in [7, 11) is 1.96. The molecule has 0 radical (unpaired) electrons. The molecule has 1 amide bonds. The van der Waals surface area contributed by atoms with Gasteiger partial charge in [0.25, 0.3) is 0 Å². The number of hydrogen-bond acceptors (Lipinski definition) is 6. The molecule has 1 aliphatic carbocycles. The standard InChI is InChI=1S/C18H23N5OS2/c1-23-15(8-7-13-5-3-2-4-6-13)21-22-18(23)26-12-16(24)20-17-14(11-19)9-10-25-17/h9-10,13H,2-8,12H2,1H3,(H,20,24). The van der Waals surface area contributed by atoms with Gasteiger partial charge in [-0.15, -0.1) is 21.5 Å². The zero-order valence-corrected chi connectivity index (χ0v) is 16.5. The highest BCUT2D eigenvalue weighted by atomic mass is 32.2. The van der Waals surface area contributed by atoms with E-state index >= 15 is 0 Å². The van der Waals surface area contributed by atoms with E-state index in [2.05, 4.69) is 21.6 Å². The molecule has 1 fully saturated rings. The normalized spacial score (nSPS) is 14.9. The summed E-state index contributed by atoms with van der Waals surface area (Å²) < 4.78 is 1.99. The molecule has 0 spiro atoms. The first-order valence-corrected chi connectivity index (χ1v) is 10.8. The Hall–Kier alpha value is -1.85. The Morgan fingerprint density at radius 3 is 3.00 bits per heavy atom. The molecule has 0 aliphatic heterocycles. The van der Waals surface area contributed by atoms with E-state index in [9.17, 15) is 4.79 Å². The molecule has 1 saturated carbocycles. The molecule has 0 saturated heterocycles. The maximum absolute atomic E-state index is 12.1. The second kappa shape index (κ2) is 9.19. The van der Waals surface area contributed by atoms with Crippen LogP contribution in [0.2, 0.25) is 0 Å². The van der Waals surface area contributed by atoms with E-state index in [0.29, 0.717) is 10.6 Å². The van der Waals surface area contributed by atoms with Gasteiger partial charge >= 0.3 is 0 Å². The molecule has 0 bridgehead atoms. The van der Waals surface area contributed by atoms with E-state index in [4.69, 9.17) is 5.26 Å². The molecule has 8 heteroatoms. The first-order valence-electron chi connectivity index (χ1n) is 8.96. The van der Waals surface area contributed by atoms with E-state index in [-0.39, 0.29) is 11.7 Å². The van der Waals surface area contributed by atoms with Gasteiger partial charge in [-0.1, -0.05) is 43.9 Å². The molecule has 2 aromatic heterocycles. The van der Waals surface area contributed by atoms with Crippen molar-refractivity contribution in [3.8, 4) is 6.07 Å². The van der Waals surface area contributed by atoms with Crippen LogP contribution in [0.15, 0.2) is 16.6 Å². The lowest BCUT2D eigenvalue weighted by atomic mass is 9.86. The monoisotopic (exact) mass is 389 g/mol. The lowest BCUT2D eigenvalue weighted by molar-refractivity contribution is -0.113. The van der Waals surface area contributed by atoms with Gasteiger partial charge in [-0.3, -0.25) is 4.79 Å². The summed E-state index contributed by atoms with van der Waals surface area (Å²) in [5.41, 5.74) is 0.497. The van der Waals surface area contributed by atoms with Gasteiger partial charge in [0.1, 0.15) is 16.9 Å². The Balaban J connectivity index is 1.48. The highest BCUT2D eigenvalue weighted by Gasteiger charge is 2.17. The number of nitriles is 1. The third kappa shape index (κ3) is 4.86. The number of carbonyl (C=O) groups is 1. The van der Waals surface area contributed by atoms with Crippen molar-refractivity contribution in [3.05, 3.63) is 22.8 Å². The minimum Gasteiger partial charge on any atom is -0.316 e. The SMILES string of the molecule is Cn1c(CCC2CCCCC2)nnc1SCC(=O)Nc1sccc1C#N. The first kappa shape index (κ1) is 18.9. The summed E-state index contributed by atoms with van der Waals surface area (Å²) in [5.74, 6) is 1.92. The van der Waals surface area contributed by atoms with E-state index in [1.165, 1.54) is 61.6 Å². The summed E-state index contributed by atoms with van der Waals surface area (Å²) in [4.78, 5) is 12.1. The second-order valence-corrected chi connectivity index (χ2v) is 8.47. The number of hydrogen-bond donors (Lipinski definition) is 1. The van der Waals surface area contributed by atoms with Crippen molar-refractivity contribution >= 4 is 34.0 Å². The van der Waals surface area contributed by atoms with Crippen LogP contribution in [-0.2, 0) is 18.3 Å². The summed E-state index contributed by atoms with van der Waals surface area (Å²) in [6.07, 6.45) is 8.90. The maximum atomic E-state index is 12.1. The van der Waals surface area contributed by atoms with Crippen molar-refractivity contribution in [2.45, 2.75) is 50.1 Å². The Labute approximate surface area is 162 Å². The average molecular weight is 390 g/mol. The number of aromatic nitrogens is 3. The Kier molecular flexibility index (Phi) is 6.69. The highest BCUT2D eigenvalue weighted by molar-refractivity contribution is 7.99. The van der Waals surface area contributed by atoms with Gasteiger partial charge in [0.2, 0.25) is 5.91 Å². The second-order valence-electron chi connectivity index (χ2n) is 6.61. The van der Waals surface area contributed by atoms with Gasteiger partial charge in [0, 0.05) is 13.5 Å². The lowest BCUT2D eigenvalue weighted by Crippen LogP contribution is -2.14. The minimum absolute atomic E-state index is 0.138. The molecule has 1 aliphatic rings. The number of anilines is 1. The molecular formula is C18H23N5OS2. The summed E-state index contributed by atoms with van der Waals surface area (Å²) >= 11 is 2.73. The van der Waals surface area contributed by atoms with Crippen LogP contribution in [0.1, 0.15) is 49.9 Å². The number of rotatable bonds is 7.